The first-order valence-corrected chi connectivity index (χ1v) is 14.4. The molecule has 0 bridgehead atoms. The highest BCUT2D eigenvalue weighted by Crippen LogP contribution is 2.35. The van der Waals surface area contributed by atoms with Gasteiger partial charge >= 0.3 is 0 Å². The molecule has 4 aromatic rings. The molecule has 0 spiro atoms. The van der Waals surface area contributed by atoms with Gasteiger partial charge in [-0.15, -0.1) is 11.3 Å². The van der Waals surface area contributed by atoms with Crippen LogP contribution in [0.1, 0.15) is 41.3 Å². The Morgan fingerprint density at radius 3 is 2.65 bits per heavy atom. The third-order valence-electron chi connectivity index (χ3n) is 6.27. The van der Waals surface area contributed by atoms with Gasteiger partial charge in [0.25, 0.3) is 11.5 Å². The number of rotatable bonds is 6. The Labute approximate surface area is 232 Å². The van der Waals surface area contributed by atoms with Gasteiger partial charge in [-0.25, -0.2) is 10.4 Å². The highest BCUT2D eigenvalue weighted by Gasteiger charge is 2.23. The molecule has 190 valence electrons. The van der Waals surface area contributed by atoms with Crippen LogP contribution in [0.5, 0.6) is 0 Å². The maximum Gasteiger partial charge on any atom is 0.267 e. The molecule has 10 heteroatoms. The number of halogens is 2. The van der Waals surface area contributed by atoms with Crippen LogP contribution in [0.15, 0.2) is 57.5 Å². The van der Waals surface area contributed by atoms with Gasteiger partial charge in [0.05, 0.1) is 32.6 Å². The van der Waals surface area contributed by atoms with Crippen LogP contribution in [0, 0.1) is 6.92 Å². The zero-order valence-electron chi connectivity index (χ0n) is 20.3. The number of hydrazone groups is 1. The predicted octanol–water partition coefficient (Wildman–Crippen LogP) is 6.57. The molecule has 6 nitrogen and oxygen atoms in total. The van der Waals surface area contributed by atoms with Crippen LogP contribution < -0.4 is 11.0 Å². The predicted molar refractivity (Wildman–Crippen MR) is 154 cm³/mol. The summed E-state index contributed by atoms with van der Waals surface area (Å²) in [6.07, 6.45) is 4.12. The molecule has 0 aliphatic heterocycles. The maximum absolute atomic E-state index is 13.8. The van der Waals surface area contributed by atoms with Crippen molar-refractivity contribution in [3.63, 3.8) is 0 Å². The van der Waals surface area contributed by atoms with Crippen molar-refractivity contribution in [3.05, 3.63) is 84.4 Å². The number of aromatic nitrogens is 2. The quantitative estimate of drug-likeness (QED) is 0.123. The third kappa shape index (κ3) is 5.48. The summed E-state index contributed by atoms with van der Waals surface area (Å²) in [6.45, 7) is 3.78. The van der Waals surface area contributed by atoms with Crippen molar-refractivity contribution in [2.45, 2.75) is 44.7 Å². The SMILES string of the molecule is C/C(=N\NC(=O)CSc1nc2sc3c(c2c(=O)n1-c1ccc(C)cc1)CCCC3)c1ccc(Cl)c(Cl)c1. The first kappa shape index (κ1) is 26.0. The van der Waals surface area contributed by atoms with Gasteiger partial charge in [0.15, 0.2) is 5.16 Å². The summed E-state index contributed by atoms with van der Waals surface area (Å²) in [7, 11) is 0. The number of nitrogens with one attached hydrogen (secondary N) is 1. The van der Waals surface area contributed by atoms with Gasteiger partial charge in [-0.05, 0) is 74.9 Å². The number of nitrogens with zero attached hydrogens (tertiary/aromatic N) is 3. The Kier molecular flexibility index (Phi) is 7.72. The normalized spacial score (nSPS) is 13.6. The second kappa shape index (κ2) is 11.0. The summed E-state index contributed by atoms with van der Waals surface area (Å²) < 4.78 is 1.63. The molecule has 0 radical (unpaired) electrons. The second-order valence-electron chi connectivity index (χ2n) is 8.91. The molecule has 0 saturated carbocycles. The standard InChI is InChI=1S/C27H24Cl2N4O2S2/c1-15-7-10-18(11-8-15)33-26(35)24-19-5-3-4-6-22(19)37-25(24)30-27(33)36-14-23(34)32-31-16(2)17-9-12-20(28)21(29)13-17/h7-13H,3-6,14H2,1-2H3,(H,32,34)/b31-16+. The Morgan fingerprint density at radius 2 is 1.89 bits per heavy atom. The molecule has 1 amide bonds. The van der Waals surface area contributed by atoms with E-state index in [1.54, 1.807) is 41.0 Å². The molecule has 0 unspecified atom stereocenters. The number of benzene rings is 2. The van der Waals surface area contributed by atoms with Crippen LogP contribution in [-0.4, -0.2) is 26.9 Å². The van der Waals surface area contributed by atoms with E-state index in [0.717, 1.165) is 58.3 Å². The summed E-state index contributed by atoms with van der Waals surface area (Å²) in [6, 6.07) is 12.9. The molecule has 1 aliphatic carbocycles. The average molecular weight is 572 g/mol. The number of amides is 1. The lowest BCUT2D eigenvalue weighted by Crippen LogP contribution is -2.24. The number of thioether (sulfide) groups is 1. The fourth-order valence-corrected chi connectivity index (χ4v) is 6.70. The van der Waals surface area contributed by atoms with Gasteiger partial charge < -0.3 is 0 Å². The van der Waals surface area contributed by atoms with Crippen molar-refractivity contribution in [1.29, 1.82) is 0 Å². The zero-order valence-corrected chi connectivity index (χ0v) is 23.5. The van der Waals surface area contributed by atoms with Crippen LogP contribution in [-0.2, 0) is 17.6 Å². The Hall–Kier alpha value is -2.65. The van der Waals surface area contributed by atoms with Crippen molar-refractivity contribution in [2.75, 3.05) is 5.75 Å². The average Bonchev–Trinajstić information content (AvgIpc) is 3.27. The smallest absolute Gasteiger partial charge is 0.267 e. The molecular weight excluding hydrogens is 547 g/mol. The summed E-state index contributed by atoms with van der Waals surface area (Å²) in [5.41, 5.74) is 6.83. The molecule has 0 fully saturated rings. The van der Waals surface area contributed by atoms with E-state index in [1.165, 1.54) is 16.6 Å². The van der Waals surface area contributed by atoms with Crippen LogP contribution in [0.3, 0.4) is 0 Å². The summed E-state index contributed by atoms with van der Waals surface area (Å²) in [5, 5.41) is 6.27. The van der Waals surface area contributed by atoms with Gasteiger partial charge in [0.2, 0.25) is 0 Å². The lowest BCUT2D eigenvalue weighted by atomic mass is 9.97. The zero-order chi connectivity index (χ0) is 26.1. The van der Waals surface area contributed by atoms with Gasteiger partial charge in [0.1, 0.15) is 4.83 Å². The second-order valence-corrected chi connectivity index (χ2v) is 11.8. The number of carbonyl (C=O) groups is 1. The number of thiophene rings is 1. The topological polar surface area (TPSA) is 76.3 Å². The number of hydrogen-bond donors (Lipinski definition) is 1. The highest BCUT2D eigenvalue weighted by atomic mass is 35.5. The summed E-state index contributed by atoms with van der Waals surface area (Å²) >= 11 is 14.9. The van der Waals surface area contributed by atoms with E-state index in [-0.39, 0.29) is 17.2 Å². The monoisotopic (exact) mass is 570 g/mol. The Balaban J connectivity index is 1.43. The molecule has 2 aromatic heterocycles. The Morgan fingerprint density at radius 1 is 1.14 bits per heavy atom. The number of fused-ring (bicyclic) bond motifs is 3. The van der Waals surface area contributed by atoms with Crippen LogP contribution in [0.4, 0.5) is 0 Å². The van der Waals surface area contributed by atoms with E-state index in [0.29, 0.717) is 20.9 Å². The van der Waals surface area contributed by atoms with Crippen molar-refractivity contribution in [3.8, 4) is 5.69 Å². The van der Waals surface area contributed by atoms with Crippen molar-refractivity contribution >= 4 is 68.1 Å². The van der Waals surface area contributed by atoms with E-state index in [2.05, 4.69) is 10.5 Å². The minimum atomic E-state index is -0.306. The molecular formula is C27H24Cl2N4O2S2. The molecule has 1 aliphatic rings. The van der Waals surface area contributed by atoms with E-state index in [4.69, 9.17) is 28.2 Å². The van der Waals surface area contributed by atoms with Gasteiger partial charge in [-0.3, -0.25) is 14.2 Å². The van der Waals surface area contributed by atoms with Crippen molar-refractivity contribution in [2.24, 2.45) is 5.10 Å². The first-order chi connectivity index (χ1) is 17.8. The van der Waals surface area contributed by atoms with Crippen LogP contribution >= 0.6 is 46.3 Å². The van der Waals surface area contributed by atoms with Gasteiger partial charge in [0, 0.05) is 4.88 Å². The molecule has 1 N–H and O–H groups in total. The first-order valence-electron chi connectivity index (χ1n) is 11.9. The maximum atomic E-state index is 13.8. The fourth-order valence-electron chi connectivity index (χ4n) is 4.30. The van der Waals surface area contributed by atoms with E-state index >= 15 is 0 Å². The molecule has 37 heavy (non-hydrogen) atoms. The number of aryl methyl sites for hydroxylation is 3. The third-order valence-corrected chi connectivity index (χ3v) is 9.13. The Bertz CT molecular complexity index is 1590. The van der Waals surface area contributed by atoms with Crippen LogP contribution in [0.2, 0.25) is 10.0 Å². The molecule has 2 heterocycles. The number of hydrogen-bond acceptors (Lipinski definition) is 6. The largest absolute Gasteiger partial charge is 0.272 e. The molecule has 2 aromatic carbocycles. The summed E-state index contributed by atoms with van der Waals surface area (Å²) in [5.74, 6) is -0.257. The van der Waals surface area contributed by atoms with Crippen molar-refractivity contribution in [1.82, 2.24) is 15.0 Å². The molecule has 0 atom stereocenters. The minimum absolute atomic E-state index is 0.0487. The minimum Gasteiger partial charge on any atom is -0.272 e. The van der Waals surface area contributed by atoms with Crippen molar-refractivity contribution < 1.29 is 4.79 Å². The highest BCUT2D eigenvalue weighted by molar-refractivity contribution is 7.99. The van der Waals surface area contributed by atoms with Gasteiger partial charge in [-0.1, -0.05) is 58.7 Å². The van der Waals surface area contributed by atoms with E-state index in [9.17, 15) is 9.59 Å². The molecule has 5 rings (SSSR count). The summed E-state index contributed by atoms with van der Waals surface area (Å²) in [4.78, 5) is 33.4. The number of carbonyl (C=O) groups excluding carboxylic acids is 1. The van der Waals surface area contributed by atoms with Crippen LogP contribution in [0.25, 0.3) is 15.9 Å². The fraction of sp³-hybridized carbons (Fsp3) is 0.259. The lowest BCUT2D eigenvalue weighted by Gasteiger charge is -2.13. The van der Waals surface area contributed by atoms with E-state index in [1.807, 2.05) is 31.2 Å². The lowest BCUT2D eigenvalue weighted by molar-refractivity contribution is -0.118. The van der Waals surface area contributed by atoms with E-state index < -0.39 is 0 Å². The molecule has 0 saturated heterocycles. The van der Waals surface area contributed by atoms with Gasteiger partial charge in [-0.2, -0.15) is 5.10 Å².